The van der Waals surface area contributed by atoms with E-state index in [9.17, 15) is 20.1 Å². The molecule has 0 unspecified atom stereocenters. The highest BCUT2D eigenvalue weighted by Gasteiger charge is 2.27. The van der Waals surface area contributed by atoms with Gasteiger partial charge >= 0.3 is 5.97 Å². The van der Waals surface area contributed by atoms with Crippen molar-refractivity contribution in [3.8, 4) is 17.9 Å². The summed E-state index contributed by atoms with van der Waals surface area (Å²) in [6, 6.07) is 18.3. The molecule has 0 atom stereocenters. The summed E-state index contributed by atoms with van der Waals surface area (Å²) in [5, 5.41) is 22.1. The van der Waals surface area contributed by atoms with Gasteiger partial charge in [0.2, 0.25) is 0 Å². The number of thiophene rings is 1. The van der Waals surface area contributed by atoms with E-state index in [1.54, 1.807) is 43.3 Å². The van der Waals surface area contributed by atoms with E-state index in [1.807, 2.05) is 18.2 Å². The number of nitrogens with one attached hydrogen (secondary N) is 1. The van der Waals surface area contributed by atoms with Gasteiger partial charge < -0.3 is 14.8 Å². The molecule has 37 heavy (non-hydrogen) atoms. The number of carbonyl (C=O) groups excluding carboxylic acids is 2. The molecule has 0 fully saturated rings. The lowest BCUT2D eigenvalue weighted by Gasteiger charge is -2.12. The largest absolute Gasteiger partial charge is 0.489 e. The summed E-state index contributed by atoms with van der Waals surface area (Å²) in [6.45, 7) is 2.23. The van der Waals surface area contributed by atoms with Crippen molar-refractivity contribution >= 4 is 34.3 Å². The predicted octanol–water partition coefficient (Wildman–Crippen LogP) is 5.80. The molecule has 0 saturated carbocycles. The van der Waals surface area contributed by atoms with Crippen molar-refractivity contribution in [3.05, 3.63) is 86.8 Å². The van der Waals surface area contributed by atoms with Crippen LogP contribution in [-0.4, -0.2) is 18.5 Å². The van der Waals surface area contributed by atoms with Crippen LogP contribution in [0.5, 0.6) is 5.75 Å². The molecule has 0 radical (unpaired) electrons. The molecule has 186 valence electrons. The van der Waals surface area contributed by atoms with Gasteiger partial charge in [-0.1, -0.05) is 30.3 Å². The molecule has 1 N–H and O–H groups in total. The average molecular weight is 512 g/mol. The van der Waals surface area contributed by atoms with Crippen LogP contribution in [0.4, 0.5) is 5.00 Å². The number of esters is 1. The minimum atomic E-state index is -0.583. The van der Waals surface area contributed by atoms with Gasteiger partial charge in [0.05, 0.1) is 23.8 Å². The Morgan fingerprint density at radius 2 is 1.84 bits per heavy atom. The summed E-state index contributed by atoms with van der Waals surface area (Å²) in [6.07, 6.45) is 5.14. The Kier molecular flexibility index (Phi) is 8.35. The highest BCUT2D eigenvalue weighted by molar-refractivity contribution is 7.17. The number of hydrogen-bond donors (Lipinski definition) is 1. The Hall–Kier alpha value is -4.40. The first kappa shape index (κ1) is 25.7. The summed E-state index contributed by atoms with van der Waals surface area (Å²) in [7, 11) is 0. The maximum atomic E-state index is 13.0. The van der Waals surface area contributed by atoms with Crippen LogP contribution in [0.15, 0.2) is 54.1 Å². The maximum Gasteiger partial charge on any atom is 0.341 e. The van der Waals surface area contributed by atoms with Gasteiger partial charge in [0.25, 0.3) is 5.91 Å². The zero-order valence-corrected chi connectivity index (χ0v) is 21.2. The van der Waals surface area contributed by atoms with E-state index >= 15 is 0 Å². The Morgan fingerprint density at radius 3 is 2.57 bits per heavy atom. The zero-order chi connectivity index (χ0) is 26.2. The molecule has 0 spiro atoms. The lowest BCUT2D eigenvalue weighted by atomic mass is 9.95. The third-order valence-electron chi connectivity index (χ3n) is 5.97. The number of hydrogen-bond acceptors (Lipinski definition) is 7. The van der Waals surface area contributed by atoms with Gasteiger partial charge in [-0.25, -0.2) is 4.79 Å². The predicted molar refractivity (Wildman–Crippen MR) is 141 cm³/mol. The van der Waals surface area contributed by atoms with Gasteiger partial charge in [0.1, 0.15) is 29.0 Å². The topological polar surface area (TPSA) is 112 Å². The Morgan fingerprint density at radius 1 is 1.08 bits per heavy atom. The van der Waals surface area contributed by atoms with Gasteiger partial charge in [-0.3, -0.25) is 4.79 Å². The fourth-order valence-corrected chi connectivity index (χ4v) is 5.41. The summed E-state index contributed by atoms with van der Waals surface area (Å²) < 4.78 is 11.0. The van der Waals surface area contributed by atoms with E-state index < -0.39 is 11.9 Å². The Bertz CT molecular complexity index is 1420. The molecule has 2 aromatic carbocycles. The number of anilines is 1. The number of nitriles is 2. The fourth-order valence-electron chi connectivity index (χ4n) is 4.14. The molecule has 0 bridgehead atoms. The molecule has 1 aliphatic carbocycles. The molecule has 4 rings (SSSR count). The Balaban J connectivity index is 1.48. The van der Waals surface area contributed by atoms with E-state index in [0.29, 0.717) is 27.4 Å². The second kappa shape index (κ2) is 12.0. The molecule has 1 aromatic heterocycles. The number of ether oxygens (including phenoxy) is 2. The number of fused-ring (bicyclic) bond motifs is 1. The van der Waals surface area contributed by atoms with E-state index in [0.717, 1.165) is 41.7 Å². The highest BCUT2D eigenvalue weighted by atomic mass is 32.1. The van der Waals surface area contributed by atoms with Gasteiger partial charge in [-0.05, 0) is 68.0 Å². The number of aryl methyl sites for hydroxylation is 1. The molecular weight excluding hydrogens is 486 g/mol. The van der Waals surface area contributed by atoms with E-state index in [-0.39, 0.29) is 18.8 Å². The molecule has 8 heteroatoms. The lowest BCUT2D eigenvalue weighted by molar-refractivity contribution is -0.112. The summed E-state index contributed by atoms with van der Waals surface area (Å²) in [5.74, 6) is -0.441. The average Bonchev–Trinajstić information content (AvgIpc) is 3.29. The van der Waals surface area contributed by atoms with Crippen LogP contribution in [0.3, 0.4) is 0 Å². The van der Waals surface area contributed by atoms with Crippen molar-refractivity contribution in [3.63, 3.8) is 0 Å². The maximum absolute atomic E-state index is 13.0. The van der Waals surface area contributed by atoms with Crippen LogP contribution < -0.4 is 10.1 Å². The minimum Gasteiger partial charge on any atom is -0.489 e. The van der Waals surface area contributed by atoms with Crippen LogP contribution in [0, 0.1) is 22.7 Å². The number of nitrogens with zero attached hydrogens (tertiary/aromatic N) is 2. The SMILES string of the molecule is CCOC(=O)c1c(NC(=O)/C(C#N)=C/c2ccc(OCc3ccccc3C#N)cc2)sc2c1CCCC2. The van der Waals surface area contributed by atoms with E-state index in [4.69, 9.17) is 9.47 Å². The summed E-state index contributed by atoms with van der Waals surface area (Å²) in [5.41, 5.74) is 3.26. The van der Waals surface area contributed by atoms with Gasteiger partial charge in [0.15, 0.2) is 0 Å². The smallest absolute Gasteiger partial charge is 0.341 e. The van der Waals surface area contributed by atoms with E-state index in [1.165, 1.54) is 17.4 Å². The number of carbonyl (C=O) groups is 2. The van der Waals surface area contributed by atoms with Crippen molar-refractivity contribution in [1.82, 2.24) is 0 Å². The van der Waals surface area contributed by atoms with Crippen LogP contribution in [-0.2, 0) is 29.0 Å². The molecule has 3 aromatic rings. The lowest BCUT2D eigenvalue weighted by Crippen LogP contribution is -2.16. The highest BCUT2D eigenvalue weighted by Crippen LogP contribution is 2.38. The molecule has 1 amide bonds. The third-order valence-corrected chi connectivity index (χ3v) is 7.17. The van der Waals surface area contributed by atoms with Crippen molar-refractivity contribution in [2.24, 2.45) is 0 Å². The van der Waals surface area contributed by atoms with Gasteiger partial charge in [-0.2, -0.15) is 10.5 Å². The van der Waals surface area contributed by atoms with Crippen molar-refractivity contribution in [1.29, 1.82) is 10.5 Å². The molecule has 1 aliphatic rings. The Labute approximate surface area is 219 Å². The second-order valence-corrected chi connectivity index (χ2v) is 9.49. The number of rotatable bonds is 8. The fraction of sp³-hybridized carbons (Fsp3) is 0.241. The molecule has 7 nitrogen and oxygen atoms in total. The van der Waals surface area contributed by atoms with Gasteiger partial charge in [0, 0.05) is 10.4 Å². The monoisotopic (exact) mass is 511 g/mol. The van der Waals surface area contributed by atoms with Crippen molar-refractivity contribution in [2.45, 2.75) is 39.2 Å². The first-order valence-corrected chi connectivity index (χ1v) is 12.8. The van der Waals surface area contributed by atoms with Gasteiger partial charge in [-0.15, -0.1) is 11.3 Å². The number of benzene rings is 2. The minimum absolute atomic E-state index is 0.0854. The molecule has 0 saturated heterocycles. The van der Waals surface area contributed by atoms with Crippen LogP contribution >= 0.6 is 11.3 Å². The first-order chi connectivity index (χ1) is 18.0. The first-order valence-electron chi connectivity index (χ1n) is 12.0. The molecule has 0 aliphatic heterocycles. The van der Waals surface area contributed by atoms with E-state index in [2.05, 4.69) is 11.4 Å². The zero-order valence-electron chi connectivity index (χ0n) is 20.4. The number of amides is 1. The van der Waals surface area contributed by atoms with Crippen molar-refractivity contribution < 1.29 is 19.1 Å². The van der Waals surface area contributed by atoms with Crippen molar-refractivity contribution in [2.75, 3.05) is 11.9 Å². The second-order valence-electron chi connectivity index (χ2n) is 8.39. The van der Waals surface area contributed by atoms with Crippen LogP contribution in [0.25, 0.3) is 6.08 Å². The normalized spacial score (nSPS) is 12.6. The summed E-state index contributed by atoms with van der Waals surface area (Å²) in [4.78, 5) is 26.7. The molecule has 1 heterocycles. The molecular formula is C29H25N3O4S. The quantitative estimate of drug-likeness (QED) is 0.232. The van der Waals surface area contributed by atoms with Crippen LogP contribution in [0.1, 0.15) is 57.3 Å². The van der Waals surface area contributed by atoms with Crippen LogP contribution in [0.2, 0.25) is 0 Å². The summed E-state index contributed by atoms with van der Waals surface area (Å²) >= 11 is 1.38. The third kappa shape index (κ3) is 6.06. The standard InChI is InChI=1S/C29H25N3O4S/c1-2-35-29(34)26-24-9-5-6-10-25(24)37-28(26)32-27(33)22(17-31)15-19-11-13-23(14-12-19)36-18-21-8-4-3-7-20(21)16-30/h3-4,7-8,11-15H,2,5-6,9-10,18H2,1H3,(H,32,33)/b22-15+.